The van der Waals surface area contributed by atoms with Crippen LogP contribution in [0.1, 0.15) is 19.8 Å². The van der Waals surface area contributed by atoms with Crippen LogP contribution >= 0.6 is 0 Å². The normalized spacial score (nSPS) is 10.0. The van der Waals surface area contributed by atoms with E-state index in [9.17, 15) is 0 Å². The third kappa shape index (κ3) is 7.92. The van der Waals surface area contributed by atoms with E-state index in [2.05, 4.69) is 17.6 Å². The SMILES string of the molecule is CCCCNCC[N]C. The average Bonchev–Trinajstić information content (AvgIpc) is 1.89. The van der Waals surface area contributed by atoms with Crippen LogP contribution < -0.4 is 10.6 Å². The van der Waals surface area contributed by atoms with E-state index >= 15 is 0 Å². The van der Waals surface area contributed by atoms with Gasteiger partial charge in [0.05, 0.1) is 0 Å². The summed E-state index contributed by atoms with van der Waals surface area (Å²) in [5.41, 5.74) is 0. The van der Waals surface area contributed by atoms with E-state index in [4.69, 9.17) is 0 Å². The van der Waals surface area contributed by atoms with Crippen LogP contribution in [0.5, 0.6) is 0 Å². The molecule has 0 aromatic carbocycles. The lowest BCUT2D eigenvalue weighted by Gasteiger charge is -2.00. The fourth-order valence-electron chi connectivity index (χ4n) is 0.618. The van der Waals surface area contributed by atoms with E-state index in [0.717, 1.165) is 19.6 Å². The van der Waals surface area contributed by atoms with E-state index in [1.54, 1.807) is 0 Å². The van der Waals surface area contributed by atoms with E-state index in [0.29, 0.717) is 0 Å². The van der Waals surface area contributed by atoms with Gasteiger partial charge in [-0.1, -0.05) is 13.3 Å². The first kappa shape index (κ1) is 8.92. The molecule has 0 unspecified atom stereocenters. The standard InChI is InChI=1S/C7H17N2/c1-3-4-5-9-7-6-8-2/h9H,3-7H2,1-2H3. The number of nitrogens with one attached hydrogen (secondary N) is 1. The Morgan fingerprint density at radius 3 is 2.67 bits per heavy atom. The Hall–Kier alpha value is -0.0800. The molecule has 2 nitrogen and oxygen atoms in total. The van der Waals surface area contributed by atoms with Gasteiger partial charge in [0, 0.05) is 20.1 Å². The molecule has 55 valence electrons. The molecule has 0 aromatic rings. The van der Waals surface area contributed by atoms with Gasteiger partial charge in [0.25, 0.3) is 0 Å². The first-order chi connectivity index (χ1) is 4.41. The summed E-state index contributed by atoms with van der Waals surface area (Å²) < 4.78 is 0. The molecule has 0 saturated heterocycles. The molecular weight excluding hydrogens is 112 g/mol. The number of hydrogen-bond donors (Lipinski definition) is 1. The Balaban J connectivity index is 2.60. The van der Waals surface area contributed by atoms with Crippen LogP contribution in [0.4, 0.5) is 0 Å². The van der Waals surface area contributed by atoms with Gasteiger partial charge in [-0.2, -0.15) is 0 Å². The summed E-state index contributed by atoms with van der Waals surface area (Å²) in [6.07, 6.45) is 2.56. The lowest BCUT2D eigenvalue weighted by Crippen LogP contribution is -2.22. The van der Waals surface area contributed by atoms with Gasteiger partial charge in [0.15, 0.2) is 0 Å². The fraction of sp³-hybridized carbons (Fsp3) is 1.00. The highest BCUT2D eigenvalue weighted by Crippen LogP contribution is 1.80. The van der Waals surface area contributed by atoms with Crippen molar-refractivity contribution in [3.63, 3.8) is 0 Å². The van der Waals surface area contributed by atoms with Crippen LogP contribution in [0.25, 0.3) is 0 Å². The minimum absolute atomic E-state index is 0.948. The fourth-order valence-corrected chi connectivity index (χ4v) is 0.618. The van der Waals surface area contributed by atoms with E-state index in [-0.39, 0.29) is 0 Å². The second-order valence-electron chi connectivity index (χ2n) is 2.14. The molecule has 0 bridgehead atoms. The number of nitrogens with zero attached hydrogens (tertiary/aromatic N) is 1. The molecule has 2 heteroatoms. The maximum absolute atomic E-state index is 3.97. The molecule has 1 N–H and O–H groups in total. The van der Waals surface area contributed by atoms with Crippen molar-refractivity contribution in [3.8, 4) is 0 Å². The summed E-state index contributed by atoms with van der Waals surface area (Å²) in [7, 11) is 1.85. The molecule has 0 aliphatic heterocycles. The summed E-state index contributed by atoms with van der Waals surface area (Å²) in [4.78, 5) is 0. The number of rotatable bonds is 6. The Morgan fingerprint density at radius 2 is 2.11 bits per heavy atom. The molecule has 0 fully saturated rings. The first-order valence-corrected chi connectivity index (χ1v) is 3.68. The largest absolute Gasteiger partial charge is 0.315 e. The Labute approximate surface area is 58.0 Å². The van der Waals surface area contributed by atoms with E-state index in [1.807, 2.05) is 7.05 Å². The van der Waals surface area contributed by atoms with Gasteiger partial charge >= 0.3 is 0 Å². The molecule has 0 rings (SSSR count). The second-order valence-corrected chi connectivity index (χ2v) is 2.14. The highest BCUT2D eigenvalue weighted by atomic mass is 14.9. The Bertz CT molecular complexity index is 40.2. The third-order valence-electron chi connectivity index (χ3n) is 1.22. The van der Waals surface area contributed by atoms with Crippen molar-refractivity contribution < 1.29 is 0 Å². The van der Waals surface area contributed by atoms with Gasteiger partial charge in [-0.05, 0) is 13.0 Å². The lowest BCUT2D eigenvalue weighted by molar-refractivity contribution is 0.616. The van der Waals surface area contributed by atoms with Crippen molar-refractivity contribution in [1.29, 1.82) is 0 Å². The van der Waals surface area contributed by atoms with Gasteiger partial charge in [-0.25, -0.2) is 5.32 Å². The minimum Gasteiger partial charge on any atom is -0.315 e. The predicted octanol–water partition coefficient (Wildman–Crippen LogP) is 0.610. The van der Waals surface area contributed by atoms with Crippen LogP contribution in [0.15, 0.2) is 0 Å². The van der Waals surface area contributed by atoms with Gasteiger partial charge in [0.2, 0.25) is 0 Å². The molecule has 0 saturated carbocycles. The molecule has 1 radical (unpaired) electrons. The topological polar surface area (TPSA) is 26.1 Å². The Morgan fingerprint density at radius 1 is 1.33 bits per heavy atom. The minimum atomic E-state index is 0.948. The summed E-state index contributed by atoms with van der Waals surface area (Å²) in [5, 5.41) is 7.26. The molecule has 0 spiro atoms. The smallest absolute Gasteiger partial charge is 0.0255 e. The van der Waals surface area contributed by atoms with Gasteiger partial charge in [-0.15, -0.1) is 0 Å². The maximum Gasteiger partial charge on any atom is 0.0255 e. The van der Waals surface area contributed by atoms with Gasteiger partial charge in [0.1, 0.15) is 0 Å². The average molecular weight is 129 g/mol. The predicted molar refractivity (Wildman–Crippen MR) is 40.7 cm³/mol. The Kier molecular flexibility index (Phi) is 7.85. The van der Waals surface area contributed by atoms with E-state index < -0.39 is 0 Å². The zero-order valence-corrected chi connectivity index (χ0v) is 6.48. The molecule has 0 atom stereocenters. The second kappa shape index (κ2) is 7.92. The van der Waals surface area contributed by atoms with Crippen molar-refractivity contribution in [2.24, 2.45) is 0 Å². The molecule has 0 aromatic heterocycles. The van der Waals surface area contributed by atoms with Crippen molar-refractivity contribution >= 4 is 0 Å². The summed E-state index contributed by atoms with van der Waals surface area (Å²) in [5.74, 6) is 0. The van der Waals surface area contributed by atoms with Gasteiger partial charge in [-0.3, -0.25) is 0 Å². The third-order valence-corrected chi connectivity index (χ3v) is 1.22. The monoisotopic (exact) mass is 129 g/mol. The van der Waals surface area contributed by atoms with Gasteiger partial charge < -0.3 is 5.32 Å². The summed E-state index contributed by atoms with van der Waals surface area (Å²) >= 11 is 0. The zero-order chi connectivity index (χ0) is 6.95. The van der Waals surface area contributed by atoms with Crippen LogP contribution in [0.3, 0.4) is 0 Å². The van der Waals surface area contributed by atoms with Crippen molar-refractivity contribution in [2.45, 2.75) is 19.8 Å². The van der Waals surface area contributed by atoms with Crippen LogP contribution in [0.2, 0.25) is 0 Å². The van der Waals surface area contributed by atoms with Crippen molar-refractivity contribution in [1.82, 2.24) is 10.6 Å². The molecule has 0 aliphatic carbocycles. The molecule has 0 amide bonds. The first-order valence-electron chi connectivity index (χ1n) is 3.68. The molecule has 0 aliphatic rings. The molecule has 0 heterocycles. The van der Waals surface area contributed by atoms with Crippen LogP contribution in [0, 0.1) is 0 Å². The number of hydrogen-bond acceptors (Lipinski definition) is 1. The highest BCUT2D eigenvalue weighted by Gasteiger charge is 1.83. The molecular formula is C7H17N2. The van der Waals surface area contributed by atoms with Crippen LogP contribution in [-0.2, 0) is 0 Å². The zero-order valence-electron chi connectivity index (χ0n) is 6.48. The maximum atomic E-state index is 3.97. The summed E-state index contributed by atoms with van der Waals surface area (Å²) in [6, 6.07) is 0. The highest BCUT2D eigenvalue weighted by molar-refractivity contribution is 4.47. The van der Waals surface area contributed by atoms with Crippen molar-refractivity contribution in [3.05, 3.63) is 0 Å². The number of unbranched alkanes of at least 4 members (excludes halogenated alkanes) is 1. The molecule has 9 heavy (non-hydrogen) atoms. The summed E-state index contributed by atoms with van der Waals surface area (Å²) in [6.45, 7) is 5.33. The van der Waals surface area contributed by atoms with E-state index in [1.165, 1.54) is 12.8 Å². The quantitative estimate of drug-likeness (QED) is 0.522. The lowest BCUT2D eigenvalue weighted by atomic mass is 10.3. The number of likely N-dealkylation sites (N-methyl/N-ethyl adjacent to an activating group) is 1. The van der Waals surface area contributed by atoms with Crippen molar-refractivity contribution in [2.75, 3.05) is 26.7 Å². The van der Waals surface area contributed by atoms with Crippen LogP contribution in [-0.4, -0.2) is 26.7 Å².